The minimum Gasteiger partial charge on any atom is -0.462 e. The molecule has 2 rings (SSSR count). The highest BCUT2D eigenvalue weighted by atomic mass is 16.5. The topological polar surface area (TPSA) is 65.4 Å². The van der Waals surface area contributed by atoms with Crippen LogP contribution in [0.3, 0.4) is 0 Å². The third-order valence-electron chi connectivity index (χ3n) is 3.79. The second-order valence-electron chi connectivity index (χ2n) is 5.10. The number of carbonyl (C=O) groups is 1. The highest BCUT2D eigenvalue weighted by Gasteiger charge is 2.24. The van der Waals surface area contributed by atoms with E-state index in [0.29, 0.717) is 30.7 Å². The van der Waals surface area contributed by atoms with E-state index in [1.165, 1.54) is 0 Å². The zero-order chi connectivity index (χ0) is 14.5. The molecule has 1 N–H and O–H groups in total. The molecule has 6 heteroatoms. The molecule has 0 aliphatic carbocycles. The van der Waals surface area contributed by atoms with Gasteiger partial charge in [0.1, 0.15) is 5.56 Å². The van der Waals surface area contributed by atoms with Crippen molar-refractivity contribution in [2.45, 2.75) is 32.9 Å². The van der Waals surface area contributed by atoms with Crippen LogP contribution in [0.5, 0.6) is 0 Å². The molecule has 0 aromatic carbocycles. The van der Waals surface area contributed by atoms with Crippen LogP contribution in [0.25, 0.3) is 0 Å². The molecule has 0 bridgehead atoms. The Bertz CT molecular complexity index is 459. The molecule has 20 heavy (non-hydrogen) atoms. The summed E-state index contributed by atoms with van der Waals surface area (Å²) in [5.74, 6) is 0.226. The summed E-state index contributed by atoms with van der Waals surface area (Å²) >= 11 is 0. The second kappa shape index (κ2) is 6.85. The van der Waals surface area contributed by atoms with Crippen LogP contribution in [0, 0.1) is 5.92 Å². The number of carbonyl (C=O) groups excluding carboxylic acids is 1. The lowest BCUT2D eigenvalue weighted by Crippen LogP contribution is -2.28. The molecule has 1 aliphatic rings. The summed E-state index contributed by atoms with van der Waals surface area (Å²) in [6.07, 6.45) is 2.96. The van der Waals surface area contributed by atoms with Crippen molar-refractivity contribution in [1.29, 1.82) is 0 Å². The van der Waals surface area contributed by atoms with Crippen LogP contribution in [0.15, 0.2) is 6.20 Å². The van der Waals surface area contributed by atoms with E-state index in [-0.39, 0.29) is 5.97 Å². The maximum absolute atomic E-state index is 11.8. The van der Waals surface area contributed by atoms with Crippen molar-refractivity contribution in [3.05, 3.63) is 17.5 Å². The summed E-state index contributed by atoms with van der Waals surface area (Å²) in [4.78, 5) is 11.8. The number of nitrogens with zero attached hydrogens (tertiary/aromatic N) is 2. The monoisotopic (exact) mass is 281 g/mol. The number of hydrogen-bond donors (Lipinski definition) is 1. The van der Waals surface area contributed by atoms with E-state index in [1.807, 2.05) is 7.05 Å². The van der Waals surface area contributed by atoms with Crippen molar-refractivity contribution in [3.8, 4) is 0 Å². The van der Waals surface area contributed by atoms with Crippen LogP contribution in [0.2, 0.25) is 0 Å². The van der Waals surface area contributed by atoms with Crippen molar-refractivity contribution >= 4 is 5.97 Å². The normalized spacial score (nSPS) is 22.1. The lowest BCUT2D eigenvalue weighted by atomic mass is 10.0. The number of aryl methyl sites for hydroxylation is 1. The minimum atomic E-state index is -0.310. The molecule has 0 amide bonds. The maximum atomic E-state index is 11.8. The maximum Gasteiger partial charge on any atom is 0.341 e. The van der Waals surface area contributed by atoms with Crippen molar-refractivity contribution in [2.75, 3.05) is 19.8 Å². The first kappa shape index (κ1) is 15.0. The van der Waals surface area contributed by atoms with Crippen LogP contribution in [-0.2, 0) is 23.1 Å². The van der Waals surface area contributed by atoms with E-state index in [4.69, 9.17) is 9.47 Å². The average molecular weight is 281 g/mol. The van der Waals surface area contributed by atoms with Crippen LogP contribution < -0.4 is 5.32 Å². The van der Waals surface area contributed by atoms with Crippen LogP contribution in [0.4, 0.5) is 0 Å². The largest absolute Gasteiger partial charge is 0.462 e. The van der Waals surface area contributed by atoms with Gasteiger partial charge in [-0.3, -0.25) is 4.68 Å². The fraction of sp³-hybridized carbons (Fsp3) is 0.714. The van der Waals surface area contributed by atoms with E-state index in [2.05, 4.69) is 17.3 Å². The third-order valence-corrected chi connectivity index (χ3v) is 3.79. The zero-order valence-electron chi connectivity index (χ0n) is 12.4. The number of nitrogens with one attached hydrogen (secondary N) is 1. The first-order chi connectivity index (χ1) is 9.63. The van der Waals surface area contributed by atoms with Crippen LogP contribution in [-0.4, -0.2) is 41.6 Å². The Morgan fingerprint density at radius 1 is 1.65 bits per heavy atom. The van der Waals surface area contributed by atoms with Crippen molar-refractivity contribution in [1.82, 2.24) is 15.1 Å². The molecule has 1 aliphatic heterocycles. The van der Waals surface area contributed by atoms with E-state index in [1.54, 1.807) is 17.8 Å². The van der Waals surface area contributed by atoms with Gasteiger partial charge in [0, 0.05) is 26.7 Å². The minimum absolute atomic E-state index is 0.304. The molecule has 0 saturated carbocycles. The molecule has 2 atom stereocenters. The van der Waals surface area contributed by atoms with Gasteiger partial charge in [0.05, 0.1) is 24.6 Å². The van der Waals surface area contributed by atoms with Gasteiger partial charge in [0.25, 0.3) is 0 Å². The zero-order valence-corrected chi connectivity index (χ0v) is 12.4. The Hall–Kier alpha value is -1.40. The first-order valence-corrected chi connectivity index (χ1v) is 7.13. The summed E-state index contributed by atoms with van der Waals surface area (Å²) in [5.41, 5.74) is 1.40. The Kier molecular flexibility index (Phi) is 5.14. The predicted octanol–water partition coefficient (Wildman–Crippen LogP) is 1.11. The lowest BCUT2D eigenvalue weighted by Gasteiger charge is -2.15. The van der Waals surface area contributed by atoms with Gasteiger partial charge in [-0.15, -0.1) is 0 Å². The van der Waals surface area contributed by atoms with Gasteiger partial charge in [0.15, 0.2) is 0 Å². The van der Waals surface area contributed by atoms with E-state index in [9.17, 15) is 4.79 Å². The molecule has 2 heterocycles. The lowest BCUT2D eigenvalue weighted by molar-refractivity contribution is 0.0524. The van der Waals surface area contributed by atoms with Crippen LogP contribution >= 0.6 is 0 Å². The molecule has 1 aromatic heterocycles. The van der Waals surface area contributed by atoms with E-state index >= 15 is 0 Å². The van der Waals surface area contributed by atoms with Crippen molar-refractivity contribution in [2.24, 2.45) is 13.0 Å². The SMILES string of the molecule is CCOC(=O)c1cnn(C)c1CNCC1CCOC1C. The number of ether oxygens (including phenoxy) is 2. The number of esters is 1. The summed E-state index contributed by atoms with van der Waals surface area (Å²) < 4.78 is 12.3. The Labute approximate surface area is 119 Å². The fourth-order valence-corrected chi connectivity index (χ4v) is 2.47. The molecule has 1 saturated heterocycles. The van der Waals surface area contributed by atoms with Crippen LogP contribution in [0.1, 0.15) is 36.3 Å². The summed E-state index contributed by atoms with van der Waals surface area (Å²) in [5, 5.41) is 7.53. The first-order valence-electron chi connectivity index (χ1n) is 7.13. The van der Waals surface area contributed by atoms with Crippen molar-refractivity contribution in [3.63, 3.8) is 0 Å². The summed E-state index contributed by atoms with van der Waals surface area (Å²) in [6, 6.07) is 0. The molecule has 112 valence electrons. The Morgan fingerprint density at radius 2 is 2.45 bits per heavy atom. The summed E-state index contributed by atoms with van der Waals surface area (Å²) in [6.45, 7) is 6.61. The number of hydrogen-bond acceptors (Lipinski definition) is 5. The second-order valence-corrected chi connectivity index (χ2v) is 5.10. The van der Waals surface area contributed by atoms with E-state index in [0.717, 1.165) is 25.3 Å². The van der Waals surface area contributed by atoms with Gasteiger partial charge >= 0.3 is 5.97 Å². The van der Waals surface area contributed by atoms with Gasteiger partial charge < -0.3 is 14.8 Å². The Morgan fingerprint density at radius 3 is 3.10 bits per heavy atom. The van der Waals surface area contributed by atoms with Gasteiger partial charge in [-0.25, -0.2) is 4.79 Å². The average Bonchev–Trinajstić information content (AvgIpc) is 2.98. The van der Waals surface area contributed by atoms with Gasteiger partial charge in [-0.1, -0.05) is 0 Å². The fourth-order valence-electron chi connectivity index (χ4n) is 2.47. The molecule has 1 fully saturated rings. The third kappa shape index (κ3) is 3.37. The highest BCUT2D eigenvalue weighted by molar-refractivity contribution is 5.90. The molecular formula is C14H23N3O3. The Balaban J connectivity index is 1.91. The predicted molar refractivity (Wildman–Crippen MR) is 74.4 cm³/mol. The van der Waals surface area contributed by atoms with Gasteiger partial charge in [-0.05, 0) is 26.2 Å². The molecule has 0 radical (unpaired) electrons. The number of aromatic nitrogens is 2. The quantitative estimate of drug-likeness (QED) is 0.791. The molecular weight excluding hydrogens is 258 g/mol. The standard InChI is InChI=1S/C14H23N3O3/c1-4-19-14(18)12-8-16-17(3)13(12)9-15-7-11-5-6-20-10(11)2/h8,10-11,15H,4-7,9H2,1-3H3. The molecule has 1 aromatic rings. The van der Waals surface area contributed by atoms with E-state index < -0.39 is 0 Å². The van der Waals surface area contributed by atoms with Gasteiger partial charge in [-0.2, -0.15) is 5.10 Å². The smallest absolute Gasteiger partial charge is 0.341 e. The summed E-state index contributed by atoms with van der Waals surface area (Å²) in [7, 11) is 1.83. The molecule has 0 spiro atoms. The van der Waals surface area contributed by atoms with Crippen molar-refractivity contribution < 1.29 is 14.3 Å². The van der Waals surface area contributed by atoms with Gasteiger partial charge in [0.2, 0.25) is 0 Å². The molecule has 6 nitrogen and oxygen atoms in total. The number of rotatable bonds is 6. The molecule has 2 unspecified atom stereocenters. The highest BCUT2D eigenvalue weighted by Crippen LogP contribution is 2.19.